The average molecular weight is 799 g/mol. The van der Waals surface area contributed by atoms with Crippen molar-refractivity contribution in [2.24, 2.45) is 0 Å². The number of benzene rings is 2. The molecule has 4 aromatic heterocycles. The first-order chi connectivity index (χ1) is 27.9. The van der Waals surface area contributed by atoms with E-state index in [-0.39, 0.29) is 71.9 Å². The summed E-state index contributed by atoms with van der Waals surface area (Å²) in [6.07, 6.45) is 3.71. The number of nitrogen functional groups attached to an aromatic ring is 2. The summed E-state index contributed by atoms with van der Waals surface area (Å²) in [5.74, 6) is -0.985. The van der Waals surface area contributed by atoms with Gasteiger partial charge in [-0.25, -0.2) is 9.59 Å². The van der Waals surface area contributed by atoms with Gasteiger partial charge in [-0.15, -0.1) is 0 Å². The fraction of sp³-hybridized carbons (Fsp3) is 0.400. The van der Waals surface area contributed by atoms with Crippen LogP contribution in [0.4, 0.5) is 11.6 Å². The van der Waals surface area contributed by atoms with Crippen molar-refractivity contribution in [2.45, 2.75) is 78.3 Å². The van der Waals surface area contributed by atoms with Crippen LogP contribution in [0.3, 0.4) is 0 Å². The van der Waals surface area contributed by atoms with Gasteiger partial charge in [0.1, 0.15) is 11.0 Å². The van der Waals surface area contributed by atoms with Gasteiger partial charge in [0.05, 0.1) is 52.4 Å². The molecule has 0 saturated heterocycles. The highest BCUT2D eigenvalue weighted by Crippen LogP contribution is 2.23. The highest BCUT2D eigenvalue weighted by atomic mass is 16.5. The number of hydrogen-bond acceptors (Lipinski definition) is 14. The zero-order chi connectivity index (χ0) is 41.9. The van der Waals surface area contributed by atoms with E-state index in [4.69, 9.17) is 30.4 Å². The Balaban J connectivity index is 0.000000221. The van der Waals surface area contributed by atoms with Crippen molar-refractivity contribution in [3.8, 4) is 12.0 Å². The van der Waals surface area contributed by atoms with Crippen LogP contribution >= 0.6 is 0 Å². The van der Waals surface area contributed by atoms with E-state index in [1.807, 2.05) is 48.5 Å². The van der Waals surface area contributed by atoms with Crippen LogP contribution in [0.15, 0.2) is 58.1 Å². The van der Waals surface area contributed by atoms with Crippen molar-refractivity contribution in [3.05, 3.63) is 91.8 Å². The Kier molecular flexibility index (Phi) is 14.2. The predicted molar refractivity (Wildman–Crippen MR) is 218 cm³/mol. The lowest BCUT2D eigenvalue weighted by Gasteiger charge is -2.10. The Bertz CT molecular complexity index is 2280. The third-order valence-corrected chi connectivity index (χ3v) is 9.47. The summed E-state index contributed by atoms with van der Waals surface area (Å²) < 4.78 is 23.6. The first-order valence-electron chi connectivity index (χ1n) is 19.0. The number of nitrogens with one attached hydrogen (secondary N) is 2. The van der Waals surface area contributed by atoms with Crippen molar-refractivity contribution in [1.29, 1.82) is 0 Å². The SMILES string of the molecule is CCCCOc1nc(N)c2[nH]c(=O)n(Cc3ccc(C(C)C(=O)OC)cc3)c2n1.CCCCOc1nc(N)c2[nH]c(=O)n(Cc3ccc(C(C)C(=O)OC)cc3)c2n1. The van der Waals surface area contributed by atoms with E-state index < -0.39 is 0 Å². The van der Waals surface area contributed by atoms with Gasteiger partial charge >= 0.3 is 35.3 Å². The van der Waals surface area contributed by atoms with Crippen molar-refractivity contribution < 1.29 is 28.5 Å². The fourth-order valence-electron chi connectivity index (χ4n) is 5.91. The molecule has 0 aliphatic rings. The van der Waals surface area contributed by atoms with Crippen molar-refractivity contribution in [3.63, 3.8) is 0 Å². The van der Waals surface area contributed by atoms with E-state index in [9.17, 15) is 19.2 Å². The molecular weight excluding hydrogens is 749 g/mol. The van der Waals surface area contributed by atoms with Crippen molar-refractivity contribution in [2.75, 3.05) is 38.9 Å². The second-order valence-electron chi connectivity index (χ2n) is 13.6. The molecule has 6 N–H and O–H groups in total. The van der Waals surface area contributed by atoms with Crippen LogP contribution in [0, 0.1) is 0 Å². The van der Waals surface area contributed by atoms with Crippen LogP contribution in [0.5, 0.6) is 12.0 Å². The number of esters is 2. The number of carbonyl (C=O) groups is 2. The molecule has 6 aromatic rings. The molecule has 0 radical (unpaired) electrons. The molecule has 18 heteroatoms. The minimum absolute atomic E-state index is 0.151. The first kappa shape index (κ1) is 42.4. The Morgan fingerprint density at radius 2 is 1.00 bits per heavy atom. The summed E-state index contributed by atoms with van der Waals surface area (Å²) in [4.78, 5) is 70.6. The number of H-pyrrole nitrogens is 2. The van der Waals surface area contributed by atoms with Crippen LogP contribution < -0.4 is 32.3 Å². The van der Waals surface area contributed by atoms with Crippen molar-refractivity contribution in [1.82, 2.24) is 39.0 Å². The summed E-state index contributed by atoms with van der Waals surface area (Å²) in [6, 6.07) is 15.1. The Labute approximate surface area is 333 Å². The number of ether oxygens (including phenoxy) is 4. The number of hydrogen-bond donors (Lipinski definition) is 4. The van der Waals surface area contributed by atoms with E-state index in [0.29, 0.717) is 35.5 Å². The number of rotatable bonds is 16. The average Bonchev–Trinajstić information content (AvgIpc) is 3.72. The zero-order valence-electron chi connectivity index (χ0n) is 33.5. The molecular formula is C40H50N10O8. The minimum atomic E-state index is -0.361. The molecule has 0 spiro atoms. The summed E-state index contributed by atoms with van der Waals surface area (Å²) in [5, 5.41) is 0. The Morgan fingerprint density at radius 1 is 0.638 bits per heavy atom. The maximum Gasteiger partial charge on any atom is 0.328 e. The fourth-order valence-corrected chi connectivity index (χ4v) is 5.91. The van der Waals surface area contributed by atoms with Crippen LogP contribution in [-0.4, -0.2) is 78.4 Å². The highest BCUT2D eigenvalue weighted by molar-refractivity contribution is 5.83. The maximum atomic E-state index is 12.5. The van der Waals surface area contributed by atoms with Crippen molar-refractivity contribution >= 4 is 45.9 Å². The van der Waals surface area contributed by atoms with Gasteiger partial charge < -0.3 is 40.4 Å². The summed E-state index contributed by atoms with van der Waals surface area (Å²) >= 11 is 0. The number of carbonyl (C=O) groups excluding carboxylic acids is 2. The lowest BCUT2D eigenvalue weighted by atomic mass is 10.00. The van der Waals surface area contributed by atoms with Gasteiger partial charge in [-0.05, 0) is 48.9 Å². The smallest absolute Gasteiger partial charge is 0.328 e. The van der Waals surface area contributed by atoms with Crippen LogP contribution in [0.25, 0.3) is 22.3 Å². The second kappa shape index (κ2) is 19.4. The molecule has 0 bridgehead atoms. The monoisotopic (exact) mass is 798 g/mol. The van der Waals surface area contributed by atoms with Gasteiger partial charge in [-0.2, -0.15) is 19.9 Å². The number of imidazole rings is 2. The second-order valence-corrected chi connectivity index (χ2v) is 13.6. The maximum absolute atomic E-state index is 12.5. The first-order valence-corrected chi connectivity index (χ1v) is 19.0. The molecule has 2 unspecified atom stereocenters. The molecule has 58 heavy (non-hydrogen) atoms. The number of aromatic amines is 2. The van der Waals surface area contributed by atoms with E-state index in [1.54, 1.807) is 13.8 Å². The molecule has 0 amide bonds. The molecule has 0 saturated carbocycles. The van der Waals surface area contributed by atoms with Gasteiger partial charge in [0.2, 0.25) is 0 Å². The molecule has 6 rings (SSSR count). The molecule has 0 fully saturated rings. The lowest BCUT2D eigenvalue weighted by molar-refractivity contribution is -0.142. The quantitative estimate of drug-likeness (QED) is 0.0782. The third kappa shape index (κ3) is 9.98. The molecule has 2 aromatic carbocycles. The number of anilines is 2. The standard InChI is InChI=1S/2C20H25N5O4/c2*1-4-5-10-29-19-23-16(21)15-17(24-19)25(20(27)22-15)11-13-6-8-14(9-7-13)12(2)18(26)28-3/h2*6-9,12H,4-5,10-11H2,1-3H3,(H,22,27)(H2,21,23,24). The summed E-state index contributed by atoms with van der Waals surface area (Å²) in [7, 11) is 2.73. The number of aromatic nitrogens is 8. The third-order valence-electron chi connectivity index (χ3n) is 9.47. The van der Waals surface area contributed by atoms with Gasteiger partial charge in [-0.3, -0.25) is 18.7 Å². The molecule has 0 aliphatic carbocycles. The van der Waals surface area contributed by atoms with Gasteiger partial charge in [0.25, 0.3) is 0 Å². The van der Waals surface area contributed by atoms with E-state index >= 15 is 0 Å². The highest BCUT2D eigenvalue weighted by Gasteiger charge is 2.19. The number of methoxy groups -OCH3 is 2. The number of nitrogens with two attached hydrogens (primary N) is 2. The van der Waals surface area contributed by atoms with Gasteiger partial charge in [0.15, 0.2) is 22.9 Å². The van der Waals surface area contributed by atoms with Crippen LogP contribution in [-0.2, 0) is 32.2 Å². The van der Waals surface area contributed by atoms with Crippen LogP contribution in [0.2, 0.25) is 0 Å². The Morgan fingerprint density at radius 3 is 1.33 bits per heavy atom. The number of fused-ring (bicyclic) bond motifs is 2. The molecule has 2 atom stereocenters. The largest absolute Gasteiger partial charge is 0.469 e. The molecule has 4 heterocycles. The van der Waals surface area contributed by atoms with E-state index in [2.05, 4.69) is 43.8 Å². The number of nitrogens with zero attached hydrogens (tertiary/aromatic N) is 6. The predicted octanol–water partition coefficient (Wildman–Crippen LogP) is 4.41. The minimum Gasteiger partial charge on any atom is -0.469 e. The van der Waals surface area contributed by atoms with E-state index in [1.165, 1.54) is 23.4 Å². The van der Waals surface area contributed by atoms with Crippen LogP contribution in [0.1, 0.15) is 87.5 Å². The number of unbranched alkanes of at least 4 members (excludes halogenated alkanes) is 2. The van der Waals surface area contributed by atoms with E-state index in [0.717, 1.165) is 47.9 Å². The van der Waals surface area contributed by atoms with Gasteiger partial charge in [0, 0.05) is 0 Å². The normalized spacial score (nSPS) is 12.1. The molecule has 308 valence electrons. The summed E-state index contributed by atoms with van der Waals surface area (Å²) in [6.45, 7) is 9.22. The molecule has 18 nitrogen and oxygen atoms in total. The Hall–Kier alpha value is -6.72. The van der Waals surface area contributed by atoms with Gasteiger partial charge in [-0.1, -0.05) is 75.2 Å². The molecule has 0 aliphatic heterocycles. The summed E-state index contributed by atoms with van der Waals surface area (Å²) in [5.41, 5.74) is 16.2. The zero-order valence-corrected chi connectivity index (χ0v) is 33.5. The lowest BCUT2D eigenvalue weighted by Crippen LogP contribution is -2.18. The topological polar surface area (TPSA) is 250 Å².